The van der Waals surface area contributed by atoms with E-state index in [0.717, 1.165) is 11.1 Å². The van der Waals surface area contributed by atoms with Crippen LogP contribution in [0.3, 0.4) is 0 Å². The number of hydrogen-bond acceptors (Lipinski definition) is 5. The van der Waals surface area contributed by atoms with Crippen molar-refractivity contribution in [3.05, 3.63) is 59.2 Å². The van der Waals surface area contributed by atoms with Crippen molar-refractivity contribution in [1.82, 2.24) is 15.5 Å². The highest BCUT2D eigenvalue weighted by atomic mass is 32.2. The molecule has 0 bridgehead atoms. The van der Waals surface area contributed by atoms with Crippen LogP contribution < -0.4 is 15.4 Å². The quantitative estimate of drug-likeness (QED) is 0.606. The maximum atomic E-state index is 12.8. The zero-order chi connectivity index (χ0) is 23.1. The summed E-state index contributed by atoms with van der Waals surface area (Å²) in [6.45, 7) is 4.42. The van der Waals surface area contributed by atoms with Crippen molar-refractivity contribution in [2.24, 2.45) is 0 Å². The van der Waals surface area contributed by atoms with Crippen LogP contribution in [0.4, 0.5) is 10.5 Å². The fourth-order valence-corrected chi connectivity index (χ4v) is 5.07. The number of carbonyl (C=O) groups is 3. The Hall–Kier alpha value is -3.40. The summed E-state index contributed by atoms with van der Waals surface area (Å²) >= 11 is 0. The molecule has 0 aliphatic carbocycles. The van der Waals surface area contributed by atoms with Crippen molar-refractivity contribution >= 4 is 33.6 Å². The first-order chi connectivity index (χ1) is 15.1. The van der Waals surface area contributed by atoms with Gasteiger partial charge in [0.1, 0.15) is 5.54 Å². The van der Waals surface area contributed by atoms with Crippen molar-refractivity contribution in [2.45, 2.75) is 37.1 Å². The smallest absolute Gasteiger partial charge is 0.322 e. The molecular weight excluding hydrogens is 432 g/mol. The molecule has 0 radical (unpaired) electrons. The van der Waals surface area contributed by atoms with Gasteiger partial charge in [0.05, 0.1) is 4.90 Å². The summed E-state index contributed by atoms with van der Waals surface area (Å²) in [5.74, 6) is -0.567. The molecule has 0 saturated carbocycles. The monoisotopic (exact) mass is 456 g/mol. The normalized spacial score (nSPS) is 17.8. The van der Waals surface area contributed by atoms with E-state index in [9.17, 15) is 22.8 Å². The molecule has 10 heteroatoms. The average molecular weight is 457 g/mol. The molecule has 4 amide bonds. The van der Waals surface area contributed by atoms with Gasteiger partial charge in [-0.3, -0.25) is 19.6 Å². The number of aryl methyl sites for hydroxylation is 2. The second-order valence-corrected chi connectivity index (χ2v) is 9.89. The molecule has 0 atom stereocenters. The zero-order valence-electron chi connectivity index (χ0n) is 17.8. The zero-order valence-corrected chi connectivity index (χ0v) is 18.6. The number of carbonyl (C=O) groups excluding carboxylic acids is 3. The van der Waals surface area contributed by atoms with E-state index in [0.29, 0.717) is 37.2 Å². The summed E-state index contributed by atoms with van der Waals surface area (Å²) < 4.78 is 27.8. The molecule has 2 aliphatic rings. The third-order valence-electron chi connectivity index (χ3n) is 6.09. The van der Waals surface area contributed by atoms with Gasteiger partial charge in [-0.1, -0.05) is 6.07 Å². The first kappa shape index (κ1) is 21.8. The van der Waals surface area contributed by atoms with Crippen LogP contribution in [-0.2, 0) is 14.8 Å². The largest absolute Gasteiger partial charge is 0.338 e. The van der Waals surface area contributed by atoms with E-state index in [2.05, 4.69) is 15.4 Å². The van der Waals surface area contributed by atoms with Gasteiger partial charge in [-0.05, 0) is 74.2 Å². The Kier molecular flexibility index (Phi) is 5.41. The number of sulfonamides is 1. The van der Waals surface area contributed by atoms with Gasteiger partial charge >= 0.3 is 6.03 Å². The summed E-state index contributed by atoms with van der Waals surface area (Å²) in [6, 6.07) is 10.6. The highest BCUT2D eigenvalue weighted by Crippen LogP contribution is 2.27. The average Bonchev–Trinajstić information content (AvgIpc) is 3.02. The Morgan fingerprint density at radius 2 is 1.66 bits per heavy atom. The lowest BCUT2D eigenvalue weighted by atomic mass is 9.87. The van der Waals surface area contributed by atoms with Crippen LogP contribution in [0, 0.1) is 13.8 Å². The maximum Gasteiger partial charge on any atom is 0.322 e. The van der Waals surface area contributed by atoms with Crippen LogP contribution in [0.2, 0.25) is 0 Å². The summed E-state index contributed by atoms with van der Waals surface area (Å²) in [7, 11) is -3.75. The van der Waals surface area contributed by atoms with Crippen LogP contribution in [0.15, 0.2) is 47.4 Å². The maximum absolute atomic E-state index is 12.8. The number of benzene rings is 2. The van der Waals surface area contributed by atoms with E-state index in [4.69, 9.17) is 0 Å². The number of imide groups is 1. The second-order valence-electron chi connectivity index (χ2n) is 8.21. The van der Waals surface area contributed by atoms with Gasteiger partial charge < -0.3 is 10.2 Å². The van der Waals surface area contributed by atoms with Gasteiger partial charge in [0, 0.05) is 24.3 Å². The first-order valence-corrected chi connectivity index (χ1v) is 11.7. The van der Waals surface area contributed by atoms with E-state index in [1.54, 1.807) is 47.4 Å². The van der Waals surface area contributed by atoms with Crippen LogP contribution >= 0.6 is 0 Å². The standard InChI is InChI=1S/C22H24N4O5S/c1-14-3-8-18(13-15(14)2)32(30,31)25-17-6-4-16(5-7-17)19(27)26-11-9-22(10-12-26)20(28)23-21(29)24-22/h3-8,13,25H,9-12H2,1-2H3,(H2,23,24,28,29). The van der Waals surface area contributed by atoms with Crippen LogP contribution in [0.25, 0.3) is 0 Å². The van der Waals surface area contributed by atoms with Crippen molar-refractivity contribution in [3.8, 4) is 0 Å². The van der Waals surface area contributed by atoms with Crippen molar-refractivity contribution in [3.63, 3.8) is 0 Å². The highest BCUT2D eigenvalue weighted by molar-refractivity contribution is 7.92. The van der Waals surface area contributed by atoms with Gasteiger partial charge in [-0.2, -0.15) is 0 Å². The molecule has 9 nitrogen and oxygen atoms in total. The van der Waals surface area contributed by atoms with Crippen LogP contribution in [-0.4, -0.2) is 49.8 Å². The first-order valence-electron chi connectivity index (χ1n) is 10.2. The van der Waals surface area contributed by atoms with Gasteiger partial charge in [-0.15, -0.1) is 0 Å². The number of piperidine rings is 1. The molecule has 32 heavy (non-hydrogen) atoms. The minimum absolute atomic E-state index is 0.172. The predicted molar refractivity (Wildman–Crippen MR) is 118 cm³/mol. The summed E-state index contributed by atoms with van der Waals surface area (Å²) in [5.41, 5.74) is 1.71. The molecule has 2 aromatic carbocycles. The Balaban J connectivity index is 1.41. The van der Waals surface area contributed by atoms with Crippen molar-refractivity contribution < 1.29 is 22.8 Å². The van der Waals surface area contributed by atoms with Crippen molar-refractivity contribution in [2.75, 3.05) is 17.8 Å². The predicted octanol–water partition coefficient (Wildman–Crippen LogP) is 1.92. The summed E-state index contributed by atoms with van der Waals surface area (Å²) in [4.78, 5) is 38.1. The third-order valence-corrected chi connectivity index (χ3v) is 7.47. The van der Waals surface area contributed by atoms with E-state index >= 15 is 0 Å². The highest BCUT2D eigenvalue weighted by Gasteiger charge is 2.48. The topological polar surface area (TPSA) is 125 Å². The number of anilines is 1. The second kappa shape index (κ2) is 7.94. The molecule has 2 fully saturated rings. The number of hydrogen-bond donors (Lipinski definition) is 3. The Morgan fingerprint density at radius 3 is 2.22 bits per heavy atom. The molecule has 168 valence electrons. The lowest BCUT2D eigenvalue weighted by Gasteiger charge is -2.37. The minimum Gasteiger partial charge on any atom is -0.338 e. The van der Waals surface area contributed by atoms with Gasteiger partial charge in [0.25, 0.3) is 21.8 Å². The fraction of sp³-hybridized carbons (Fsp3) is 0.318. The molecule has 4 rings (SSSR count). The molecule has 0 unspecified atom stereocenters. The van der Waals surface area contributed by atoms with Crippen molar-refractivity contribution in [1.29, 1.82) is 0 Å². The Bertz CT molecular complexity index is 1200. The number of urea groups is 1. The molecule has 0 aromatic heterocycles. The Labute approximate surface area is 186 Å². The van der Waals surface area contributed by atoms with Gasteiger partial charge in [0.15, 0.2) is 0 Å². The van der Waals surface area contributed by atoms with E-state index in [1.807, 2.05) is 13.8 Å². The van der Waals surface area contributed by atoms with E-state index < -0.39 is 21.6 Å². The third kappa shape index (κ3) is 4.05. The summed E-state index contributed by atoms with van der Waals surface area (Å²) in [5, 5.41) is 4.91. The lowest BCUT2D eigenvalue weighted by Crippen LogP contribution is -2.55. The molecule has 1 spiro atoms. The van der Waals surface area contributed by atoms with Gasteiger partial charge in [-0.25, -0.2) is 13.2 Å². The molecule has 2 aromatic rings. The van der Waals surface area contributed by atoms with Crippen LogP contribution in [0.1, 0.15) is 34.3 Å². The molecule has 3 N–H and O–H groups in total. The molecule has 2 saturated heterocycles. The number of amides is 4. The number of nitrogens with zero attached hydrogens (tertiary/aromatic N) is 1. The van der Waals surface area contributed by atoms with Gasteiger partial charge in [0.2, 0.25) is 0 Å². The van der Waals surface area contributed by atoms with E-state index in [1.165, 1.54) is 0 Å². The molecular formula is C22H24N4O5S. The number of likely N-dealkylation sites (tertiary alicyclic amines) is 1. The number of nitrogens with one attached hydrogen (secondary N) is 3. The Morgan fingerprint density at radius 1 is 1.00 bits per heavy atom. The minimum atomic E-state index is -3.75. The van der Waals surface area contributed by atoms with E-state index in [-0.39, 0.29) is 16.7 Å². The molecule has 2 heterocycles. The number of rotatable bonds is 4. The SMILES string of the molecule is Cc1ccc(S(=O)(=O)Nc2ccc(C(=O)N3CCC4(CC3)NC(=O)NC4=O)cc2)cc1C. The lowest BCUT2D eigenvalue weighted by molar-refractivity contribution is -0.125. The fourth-order valence-electron chi connectivity index (χ4n) is 3.93. The summed E-state index contributed by atoms with van der Waals surface area (Å²) in [6.07, 6.45) is 0.675. The van der Waals surface area contributed by atoms with Crippen LogP contribution in [0.5, 0.6) is 0 Å². The molecule has 2 aliphatic heterocycles.